The molecule has 3 nitrogen and oxygen atoms in total. The summed E-state index contributed by atoms with van der Waals surface area (Å²) in [5.74, 6) is -0.344. The second-order valence-electron chi connectivity index (χ2n) is 5.11. The normalized spacial score (nSPS) is 10.6. The predicted molar refractivity (Wildman–Crippen MR) is 107 cm³/mol. The number of thiophene rings is 1. The minimum absolute atomic E-state index is 0.223. The summed E-state index contributed by atoms with van der Waals surface area (Å²) >= 11 is 18.8. The summed E-state index contributed by atoms with van der Waals surface area (Å²) in [5.41, 5.74) is 1.88. The second kappa shape index (κ2) is 7.07. The Hall–Kier alpha value is -1.66. The van der Waals surface area contributed by atoms with Crippen molar-refractivity contribution in [3.05, 3.63) is 63.0 Å². The predicted octanol–water partition coefficient (Wildman–Crippen LogP) is 5.64. The summed E-state index contributed by atoms with van der Waals surface area (Å²) in [6.07, 6.45) is 0. The molecule has 1 heterocycles. The summed E-state index contributed by atoms with van der Waals surface area (Å²) in [7, 11) is 0. The second-order valence-corrected chi connectivity index (χ2v) is 7.38. The van der Waals surface area contributed by atoms with Crippen LogP contribution in [0.5, 0.6) is 0 Å². The van der Waals surface area contributed by atoms with Gasteiger partial charge >= 0.3 is 0 Å². The number of amides is 1. The quantitative estimate of drug-likeness (QED) is 0.552. The molecule has 0 unspecified atom stereocenters. The van der Waals surface area contributed by atoms with Gasteiger partial charge in [-0.2, -0.15) is 0 Å². The van der Waals surface area contributed by atoms with E-state index in [1.165, 1.54) is 11.3 Å². The van der Waals surface area contributed by atoms with Crippen LogP contribution in [0.3, 0.4) is 0 Å². The van der Waals surface area contributed by atoms with Crippen molar-refractivity contribution >= 4 is 73.5 Å². The van der Waals surface area contributed by atoms with E-state index in [0.717, 1.165) is 21.3 Å². The molecule has 0 radical (unpaired) electrons. The van der Waals surface area contributed by atoms with Gasteiger partial charge in [-0.3, -0.25) is 10.1 Å². The van der Waals surface area contributed by atoms with Crippen LogP contribution in [0.2, 0.25) is 10.0 Å². The van der Waals surface area contributed by atoms with Gasteiger partial charge in [0.25, 0.3) is 5.91 Å². The van der Waals surface area contributed by atoms with Crippen LogP contribution in [-0.2, 0) is 0 Å². The first-order chi connectivity index (χ1) is 11.5. The van der Waals surface area contributed by atoms with Gasteiger partial charge in [0.15, 0.2) is 5.11 Å². The first-order valence-corrected chi connectivity index (χ1v) is 8.99. The van der Waals surface area contributed by atoms with Gasteiger partial charge < -0.3 is 5.32 Å². The fraction of sp³-hybridized carbons (Fsp3) is 0.0588. The Kier molecular flexibility index (Phi) is 5.06. The first kappa shape index (κ1) is 17.2. The molecule has 0 bridgehead atoms. The molecule has 0 saturated carbocycles. The molecule has 2 N–H and O–H groups in total. The maximum Gasteiger partial charge on any atom is 0.269 e. The molecule has 7 heteroatoms. The van der Waals surface area contributed by atoms with E-state index in [-0.39, 0.29) is 11.0 Å². The molecule has 1 amide bonds. The molecular formula is C17H12Cl2N2OS2. The lowest BCUT2D eigenvalue weighted by Crippen LogP contribution is -2.34. The van der Waals surface area contributed by atoms with E-state index >= 15 is 0 Å². The summed E-state index contributed by atoms with van der Waals surface area (Å²) < 4.78 is 0.857. The third kappa shape index (κ3) is 3.54. The monoisotopic (exact) mass is 394 g/mol. The Labute approximate surface area is 158 Å². The zero-order valence-electron chi connectivity index (χ0n) is 12.5. The van der Waals surface area contributed by atoms with Gasteiger partial charge in [0.1, 0.15) is 4.88 Å². The Balaban J connectivity index is 1.79. The van der Waals surface area contributed by atoms with Crippen molar-refractivity contribution in [3.63, 3.8) is 0 Å². The summed E-state index contributed by atoms with van der Waals surface area (Å²) in [6, 6.07) is 13.0. The molecule has 0 aliphatic carbocycles. The molecule has 3 aromatic rings. The van der Waals surface area contributed by atoms with Crippen LogP contribution in [0, 0.1) is 6.92 Å². The van der Waals surface area contributed by atoms with E-state index in [1.807, 2.05) is 31.2 Å². The Morgan fingerprint density at radius 1 is 1.17 bits per heavy atom. The maximum absolute atomic E-state index is 12.5. The van der Waals surface area contributed by atoms with E-state index in [2.05, 4.69) is 10.6 Å². The van der Waals surface area contributed by atoms with Crippen LogP contribution >= 0.6 is 46.8 Å². The number of rotatable bonds is 2. The molecule has 2 aromatic carbocycles. The smallest absolute Gasteiger partial charge is 0.269 e. The number of aryl methyl sites for hydroxylation is 1. The number of halogens is 2. The lowest BCUT2D eigenvalue weighted by Gasteiger charge is -2.11. The minimum atomic E-state index is -0.344. The highest BCUT2D eigenvalue weighted by molar-refractivity contribution is 7.80. The van der Waals surface area contributed by atoms with Gasteiger partial charge in [-0.25, -0.2) is 0 Å². The Morgan fingerprint density at radius 2 is 1.92 bits per heavy atom. The lowest BCUT2D eigenvalue weighted by molar-refractivity contribution is 0.0982. The SMILES string of the molecule is Cc1ccccc1NC(=S)NC(=O)c1sc2cc(Cl)ccc2c1Cl. The van der Waals surface area contributed by atoms with E-state index in [1.54, 1.807) is 18.2 Å². The van der Waals surface area contributed by atoms with Crippen LogP contribution in [0.25, 0.3) is 10.1 Å². The standard InChI is InChI=1S/C17H12Cl2N2OS2/c1-9-4-2-3-5-12(9)20-17(23)21-16(22)15-14(19)11-7-6-10(18)8-13(11)24-15/h2-8H,1H3,(H2,20,21,22,23). The highest BCUT2D eigenvalue weighted by Gasteiger charge is 2.18. The molecule has 122 valence electrons. The molecule has 24 heavy (non-hydrogen) atoms. The van der Waals surface area contributed by atoms with Gasteiger partial charge in [0.05, 0.1) is 5.02 Å². The average molecular weight is 395 g/mol. The molecule has 0 fully saturated rings. The van der Waals surface area contributed by atoms with Crippen molar-refractivity contribution in [1.29, 1.82) is 0 Å². The Morgan fingerprint density at radius 3 is 2.67 bits per heavy atom. The zero-order valence-corrected chi connectivity index (χ0v) is 15.7. The van der Waals surface area contributed by atoms with Gasteiger partial charge in [0.2, 0.25) is 0 Å². The average Bonchev–Trinajstić information content (AvgIpc) is 2.86. The van der Waals surface area contributed by atoms with Crippen molar-refractivity contribution in [2.24, 2.45) is 0 Å². The van der Waals surface area contributed by atoms with Crippen molar-refractivity contribution in [3.8, 4) is 0 Å². The van der Waals surface area contributed by atoms with E-state index < -0.39 is 0 Å². The lowest BCUT2D eigenvalue weighted by atomic mass is 10.2. The first-order valence-electron chi connectivity index (χ1n) is 7.01. The van der Waals surface area contributed by atoms with Gasteiger partial charge in [-0.05, 0) is 42.9 Å². The fourth-order valence-electron chi connectivity index (χ4n) is 2.21. The fourth-order valence-corrected chi connectivity index (χ4v) is 4.10. The number of carbonyl (C=O) groups excluding carboxylic acids is 1. The number of para-hydroxylation sites is 1. The molecule has 0 aliphatic rings. The molecule has 0 saturated heterocycles. The topological polar surface area (TPSA) is 41.1 Å². The molecule has 0 aliphatic heterocycles. The minimum Gasteiger partial charge on any atom is -0.332 e. The largest absolute Gasteiger partial charge is 0.332 e. The number of anilines is 1. The maximum atomic E-state index is 12.5. The number of carbonyl (C=O) groups is 1. The van der Waals surface area contributed by atoms with Gasteiger partial charge in [0, 0.05) is 20.8 Å². The van der Waals surface area contributed by atoms with Crippen molar-refractivity contribution in [2.75, 3.05) is 5.32 Å². The highest BCUT2D eigenvalue weighted by Crippen LogP contribution is 2.36. The summed E-state index contributed by atoms with van der Waals surface area (Å²) in [6.45, 7) is 1.96. The van der Waals surface area contributed by atoms with Crippen molar-refractivity contribution in [1.82, 2.24) is 5.32 Å². The number of nitrogens with one attached hydrogen (secondary N) is 2. The van der Waals surface area contributed by atoms with Crippen LogP contribution in [0.15, 0.2) is 42.5 Å². The molecule has 1 aromatic heterocycles. The number of hydrogen-bond donors (Lipinski definition) is 2. The van der Waals surface area contributed by atoms with Crippen LogP contribution in [0.1, 0.15) is 15.2 Å². The van der Waals surface area contributed by atoms with Crippen LogP contribution in [-0.4, -0.2) is 11.0 Å². The van der Waals surface area contributed by atoms with E-state index in [0.29, 0.717) is 14.9 Å². The van der Waals surface area contributed by atoms with Crippen molar-refractivity contribution < 1.29 is 4.79 Å². The number of benzene rings is 2. The number of thiocarbonyl (C=S) groups is 1. The van der Waals surface area contributed by atoms with Gasteiger partial charge in [-0.15, -0.1) is 11.3 Å². The molecule has 3 rings (SSSR count). The highest BCUT2D eigenvalue weighted by atomic mass is 35.5. The van der Waals surface area contributed by atoms with Crippen LogP contribution < -0.4 is 10.6 Å². The van der Waals surface area contributed by atoms with E-state index in [4.69, 9.17) is 35.4 Å². The molecule has 0 spiro atoms. The van der Waals surface area contributed by atoms with Crippen molar-refractivity contribution in [2.45, 2.75) is 6.92 Å². The number of hydrogen-bond acceptors (Lipinski definition) is 3. The van der Waals surface area contributed by atoms with Crippen LogP contribution in [0.4, 0.5) is 5.69 Å². The molecular weight excluding hydrogens is 383 g/mol. The zero-order chi connectivity index (χ0) is 17.3. The molecule has 0 atom stereocenters. The van der Waals surface area contributed by atoms with Gasteiger partial charge in [-0.1, -0.05) is 47.5 Å². The summed E-state index contributed by atoms with van der Waals surface area (Å²) in [5, 5.41) is 7.71. The summed E-state index contributed by atoms with van der Waals surface area (Å²) in [4.78, 5) is 12.9. The number of fused-ring (bicyclic) bond motifs is 1. The third-order valence-corrected chi connectivity index (χ3v) is 5.51. The Bertz CT molecular complexity index is 953. The van der Waals surface area contributed by atoms with E-state index in [9.17, 15) is 4.79 Å². The third-order valence-electron chi connectivity index (χ3n) is 3.42.